The molecule has 0 saturated carbocycles. The van der Waals surface area contributed by atoms with Gasteiger partial charge in [-0.05, 0) is 43.1 Å². The number of hydrogen-bond acceptors (Lipinski definition) is 3. The Hall–Kier alpha value is -1.61. The van der Waals surface area contributed by atoms with Crippen molar-refractivity contribution in [2.75, 3.05) is 13.1 Å². The fourth-order valence-corrected chi connectivity index (χ4v) is 2.38. The van der Waals surface area contributed by atoms with Gasteiger partial charge in [0.25, 0.3) is 0 Å². The van der Waals surface area contributed by atoms with Gasteiger partial charge < -0.3 is 10.6 Å². The molecule has 0 aliphatic carbocycles. The zero-order valence-electron chi connectivity index (χ0n) is 15.6. The zero-order valence-corrected chi connectivity index (χ0v) is 15.6. The van der Waals surface area contributed by atoms with Crippen LogP contribution in [-0.4, -0.2) is 18.9 Å². The lowest BCUT2D eigenvalue weighted by molar-refractivity contribution is -0.122. The summed E-state index contributed by atoms with van der Waals surface area (Å²) in [7, 11) is 0. The van der Waals surface area contributed by atoms with E-state index in [-0.39, 0.29) is 5.92 Å². The number of carbonyl (C=O) groups excluding carboxylic acids is 1. The van der Waals surface area contributed by atoms with Crippen LogP contribution in [0.5, 0.6) is 0 Å². The molecule has 134 valence electrons. The van der Waals surface area contributed by atoms with Crippen LogP contribution in [0, 0.1) is 5.92 Å². The van der Waals surface area contributed by atoms with Crippen molar-refractivity contribution in [2.45, 2.75) is 59.4 Å². The highest BCUT2D eigenvalue weighted by Gasteiger charge is 2.09. The Labute approximate surface area is 147 Å². The molecule has 0 heterocycles. The number of allylic oxidation sites excluding steroid dienone is 1. The van der Waals surface area contributed by atoms with Gasteiger partial charge in [-0.15, -0.1) is 0 Å². The molecule has 1 atom stereocenters. The van der Waals surface area contributed by atoms with Crippen LogP contribution in [0.3, 0.4) is 0 Å². The van der Waals surface area contributed by atoms with E-state index in [0.29, 0.717) is 12.2 Å². The first-order valence-corrected chi connectivity index (χ1v) is 9.37. The summed E-state index contributed by atoms with van der Waals surface area (Å²) in [6, 6.07) is 8.75. The van der Waals surface area contributed by atoms with Crippen LogP contribution in [0.1, 0.15) is 57.6 Å². The first-order valence-electron chi connectivity index (χ1n) is 9.37. The van der Waals surface area contributed by atoms with E-state index in [1.807, 2.05) is 13.1 Å². The normalized spacial score (nSPS) is 12.5. The largest absolute Gasteiger partial charge is 0.387 e. The number of carbonyl (C=O) groups is 1. The highest BCUT2D eigenvalue weighted by atomic mass is 16.1. The standard InChI is InChI=1S/C21H34N2O/c1-4-6-7-14-23-17-20-10-8-19(9-11-20)12-15-22-16-13-21(24)18(3)5-2/h7-11,14,18,22-23H,4-6,12-13,15-17H2,1-3H3/b14-7+. The molecule has 1 aromatic carbocycles. The predicted molar refractivity (Wildman–Crippen MR) is 103 cm³/mol. The molecule has 0 bridgehead atoms. The Bertz CT molecular complexity index is 479. The van der Waals surface area contributed by atoms with Gasteiger partial charge in [0.2, 0.25) is 0 Å². The van der Waals surface area contributed by atoms with E-state index in [9.17, 15) is 4.79 Å². The van der Waals surface area contributed by atoms with Gasteiger partial charge in [0.15, 0.2) is 0 Å². The topological polar surface area (TPSA) is 41.1 Å². The maximum absolute atomic E-state index is 11.7. The van der Waals surface area contributed by atoms with E-state index < -0.39 is 0 Å². The van der Waals surface area contributed by atoms with Gasteiger partial charge in [0.05, 0.1) is 0 Å². The molecule has 3 nitrogen and oxygen atoms in total. The third-order valence-electron chi connectivity index (χ3n) is 4.32. The van der Waals surface area contributed by atoms with Crippen molar-refractivity contribution in [1.29, 1.82) is 0 Å². The molecule has 0 aliphatic rings. The Morgan fingerprint density at radius 1 is 1.12 bits per heavy atom. The van der Waals surface area contributed by atoms with Crippen molar-refractivity contribution in [3.8, 4) is 0 Å². The molecule has 0 aliphatic heterocycles. The summed E-state index contributed by atoms with van der Waals surface area (Å²) in [5, 5.41) is 6.69. The minimum Gasteiger partial charge on any atom is -0.387 e. The summed E-state index contributed by atoms with van der Waals surface area (Å²) in [6.07, 6.45) is 9.11. The van der Waals surface area contributed by atoms with Gasteiger partial charge in [-0.2, -0.15) is 0 Å². The van der Waals surface area contributed by atoms with Crippen LogP contribution in [-0.2, 0) is 17.8 Å². The van der Waals surface area contributed by atoms with Gasteiger partial charge in [-0.1, -0.05) is 57.5 Å². The average molecular weight is 331 g/mol. The quantitative estimate of drug-likeness (QED) is 0.532. The molecule has 0 spiro atoms. The maximum Gasteiger partial charge on any atom is 0.136 e. The molecular formula is C21H34N2O. The van der Waals surface area contributed by atoms with Crippen molar-refractivity contribution < 1.29 is 4.79 Å². The minimum absolute atomic E-state index is 0.199. The van der Waals surface area contributed by atoms with E-state index in [2.05, 4.69) is 54.8 Å². The molecule has 0 amide bonds. The summed E-state index contributed by atoms with van der Waals surface area (Å²) in [6.45, 7) is 8.84. The molecular weight excluding hydrogens is 296 g/mol. The fourth-order valence-electron chi connectivity index (χ4n) is 2.38. The maximum atomic E-state index is 11.7. The van der Waals surface area contributed by atoms with Crippen molar-refractivity contribution in [3.63, 3.8) is 0 Å². The highest BCUT2D eigenvalue weighted by molar-refractivity contribution is 5.80. The number of benzene rings is 1. The second-order valence-electron chi connectivity index (χ2n) is 6.41. The Balaban J connectivity index is 2.17. The molecule has 0 saturated heterocycles. The summed E-state index contributed by atoms with van der Waals surface area (Å²) < 4.78 is 0. The number of rotatable bonds is 13. The number of ketones is 1. The van der Waals surface area contributed by atoms with E-state index in [4.69, 9.17) is 0 Å². The van der Waals surface area contributed by atoms with Crippen LogP contribution in [0.4, 0.5) is 0 Å². The van der Waals surface area contributed by atoms with Gasteiger partial charge in [-0.25, -0.2) is 0 Å². The van der Waals surface area contributed by atoms with E-state index in [0.717, 1.165) is 38.9 Å². The molecule has 24 heavy (non-hydrogen) atoms. The molecule has 1 unspecified atom stereocenters. The average Bonchev–Trinajstić information content (AvgIpc) is 2.61. The van der Waals surface area contributed by atoms with Crippen molar-refractivity contribution >= 4 is 5.78 Å². The molecule has 0 radical (unpaired) electrons. The van der Waals surface area contributed by atoms with Gasteiger partial charge >= 0.3 is 0 Å². The number of Topliss-reactive ketones (excluding diaryl/α,β-unsaturated/α-hetero) is 1. The summed E-state index contributed by atoms with van der Waals surface area (Å²) >= 11 is 0. The molecule has 1 rings (SSSR count). The van der Waals surface area contributed by atoms with E-state index >= 15 is 0 Å². The van der Waals surface area contributed by atoms with E-state index in [1.165, 1.54) is 17.5 Å². The first-order chi connectivity index (χ1) is 11.7. The molecule has 0 fully saturated rings. The van der Waals surface area contributed by atoms with Crippen molar-refractivity contribution in [2.24, 2.45) is 5.92 Å². The zero-order chi connectivity index (χ0) is 17.6. The van der Waals surface area contributed by atoms with Crippen molar-refractivity contribution in [3.05, 3.63) is 47.7 Å². The molecule has 2 N–H and O–H groups in total. The number of hydrogen-bond donors (Lipinski definition) is 2. The Morgan fingerprint density at radius 3 is 2.50 bits per heavy atom. The highest BCUT2D eigenvalue weighted by Crippen LogP contribution is 2.06. The minimum atomic E-state index is 0.199. The first kappa shape index (κ1) is 20.4. The third kappa shape index (κ3) is 8.88. The summed E-state index contributed by atoms with van der Waals surface area (Å²) in [5.41, 5.74) is 2.63. The smallest absolute Gasteiger partial charge is 0.136 e. The van der Waals surface area contributed by atoms with Crippen LogP contribution in [0.15, 0.2) is 36.5 Å². The van der Waals surface area contributed by atoms with Crippen LogP contribution in [0.25, 0.3) is 0 Å². The lowest BCUT2D eigenvalue weighted by Crippen LogP contribution is -2.23. The lowest BCUT2D eigenvalue weighted by Gasteiger charge is -2.08. The van der Waals surface area contributed by atoms with Crippen molar-refractivity contribution in [1.82, 2.24) is 10.6 Å². The fraction of sp³-hybridized carbons (Fsp3) is 0.571. The SMILES string of the molecule is CCC/C=C/NCc1ccc(CCNCCC(=O)C(C)CC)cc1. The Kier molecular flexibility index (Phi) is 10.9. The van der Waals surface area contributed by atoms with E-state index in [1.54, 1.807) is 0 Å². The van der Waals surface area contributed by atoms with Crippen LogP contribution < -0.4 is 10.6 Å². The molecule has 0 aromatic heterocycles. The Morgan fingerprint density at radius 2 is 1.83 bits per heavy atom. The monoisotopic (exact) mass is 330 g/mol. The molecule has 1 aromatic rings. The predicted octanol–water partition coefficient (Wildman–Crippen LogP) is 4.23. The summed E-state index contributed by atoms with van der Waals surface area (Å²) in [4.78, 5) is 11.7. The van der Waals surface area contributed by atoms with Crippen LogP contribution >= 0.6 is 0 Å². The van der Waals surface area contributed by atoms with Gasteiger partial charge in [0, 0.05) is 25.4 Å². The third-order valence-corrected chi connectivity index (χ3v) is 4.32. The van der Waals surface area contributed by atoms with Gasteiger partial charge in [-0.3, -0.25) is 4.79 Å². The number of nitrogens with one attached hydrogen (secondary N) is 2. The lowest BCUT2D eigenvalue weighted by atomic mass is 10.0. The second-order valence-corrected chi connectivity index (χ2v) is 6.41. The second kappa shape index (κ2) is 12.8. The number of unbranched alkanes of at least 4 members (excludes halogenated alkanes) is 1. The van der Waals surface area contributed by atoms with Crippen LogP contribution in [0.2, 0.25) is 0 Å². The summed E-state index contributed by atoms with van der Waals surface area (Å²) in [5.74, 6) is 0.569. The van der Waals surface area contributed by atoms with Gasteiger partial charge in [0.1, 0.15) is 5.78 Å². The molecule has 3 heteroatoms.